The van der Waals surface area contributed by atoms with Crippen LogP contribution in [0, 0.1) is 12.7 Å². The van der Waals surface area contributed by atoms with Crippen LogP contribution in [-0.2, 0) is 6.18 Å². The van der Waals surface area contributed by atoms with Crippen molar-refractivity contribution in [1.29, 1.82) is 0 Å². The monoisotopic (exact) mass is 435 g/mol. The molecule has 0 aliphatic carbocycles. The Morgan fingerprint density at radius 3 is 2.52 bits per heavy atom. The van der Waals surface area contributed by atoms with Crippen LogP contribution in [0.15, 0.2) is 36.5 Å². The molecule has 0 fully saturated rings. The Morgan fingerprint density at radius 1 is 1.06 bits per heavy atom. The summed E-state index contributed by atoms with van der Waals surface area (Å²) in [6, 6.07) is 7.01. The lowest BCUT2D eigenvalue weighted by molar-refractivity contribution is -0.138. The molecule has 4 rings (SSSR count). The SMILES string of the molecule is COc1cc2c(Oc3ccc4[nH]c(C)cc4c3F)c(C(F)(F)F)cnc2cc1OCN. The summed E-state index contributed by atoms with van der Waals surface area (Å²) in [6.07, 6.45) is -4.16. The Labute approximate surface area is 173 Å². The van der Waals surface area contributed by atoms with E-state index in [0.29, 0.717) is 17.4 Å². The number of nitrogens with one attached hydrogen (secondary N) is 1. The van der Waals surface area contributed by atoms with Crippen molar-refractivity contribution in [3.05, 3.63) is 53.6 Å². The Hall–Kier alpha value is -3.53. The van der Waals surface area contributed by atoms with E-state index in [1.165, 1.54) is 31.4 Å². The smallest absolute Gasteiger partial charge is 0.421 e. The second-order valence-corrected chi connectivity index (χ2v) is 6.72. The summed E-state index contributed by atoms with van der Waals surface area (Å²) in [4.78, 5) is 6.83. The van der Waals surface area contributed by atoms with Crippen molar-refractivity contribution in [3.8, 4) is 23.0 Å². The maximum Gasteiger partial charge on any atom is 0.421 e. The molecule has 0 unspecified atom stereocenters. The molecule has 2 aromatic heterocycles. The highest BCUT2D eigenvalue weighted by atomic mass is 19.4. The molecular weight excluding hydrogens is 418 g/mol. The van der Waals surface area contributed by atoms with Gasteiger partial charge < -0.3 is 19.2 Å². The van der Waals surface area contributed by atoms with Gasteiger partial charge in [0.25, 0.3) is 0 Å². The quantitative estimate of drug-likeness (QED) is 0.329. The molecule has 2 aromatic carbocycles. The van der Waals surface area contributed by atoms with Gasteiger partial charge in [-0.2, -0.15) is 13.2 Å². The van der Waals surface area contributed by atoms with Gasteiger partial charge in [0, 0.05) is 34.2 Å². The minimum atomic E-state index is -4.79. The molecule has 31 heavy (non-hydrogen) atoms. The molecule has 162 valence electrons. The Balaban J connectivity index is 1.95. The van der Waals surface area contributed by atoms with Gasteiger partial charge in [-0.1, -0.05) is 0 Å². The largest absolute Gasteiger partial charge is 0.493 e. The van der Waals surface area contributed by atoms with Crippen LogP contribution < -0.4 is 19.9 Å². The van der Waals surface area contributed by atoms with Crippen LogP contribution in [0.1, 0.15) is 11.3 Å². The number of hydrogen-bond donors (Lipinski definition) is 2. The first kappa shape index (κ1) is 20.7. The lowest BCUT2D eigenvalue weighted by Gasteiger charge is -2.17. The van der Waals surface area contributed by atoms with E-state index in [1.807, 2.05) is 0 Å². The molecule has 4 aromatic rings. The van der Waals surface area contributed by atoms with Gasteiger partial charge in [0.1, 0.15) is 12.3 Å². The van der Waals surface area contributed by atoms with Crippen LogP contribution in [0.25, 0.3) is 21.8 Å². The van der Waals surface area contributed by atoms with E-state index in [0.717, 1.165) is 0 Å². The lowest BCUT2D eigenvalue weighted by Crippen LogP contribution is -2.10. The predicted octanol–water partition coefficient (Wildman–Crippen LogP) is 5.28. The Kier molecular flexibility index (Phi) is 5.10. The third kappa shape index (κ3) is 3.70. The van der Waals surface area contributed by atoms with Gasteiger partial charge in [-0.25, -0.2) is 4.39 Å². The van der Waals surface area contributed by atoms with E-state index in [1.54, 1.807) is 13.0 Å². The molecule has 6 nitrogen and oxygen atoms in total. The summed E-state index contributed by atoms with van der Waals surface area (Å²) in [7, 11) is 1.33. The van der Waals surface area contributed by atoms with Crippen LogP contribution in [0.2, 0.25) is 0 Å². The molecule has 0 spiro atoms. The van der Waals surface area contributed by atoms with E-state index in [4.69, 9.17) is 19.9 Å². The van der Waals surface area contributed by atoms with Gasteiger partial charge in [-0.05, 0) is 31.2 Å². The fourth-order valence-corrected chi connectivity index (χ4v) is 3.33. The number of nitrogens with two attached hydrogens (primary N) is 1. The van der Waals surface area contributed by atoms with Crippen LogP contribution in [0.3, 0.4) is 0 Å². The first-order chi connectivity index (χ1) is 14.7. The van der Waals surface area contributed by atoms with Gasteiger partial charge in [0.15, 0.2) is 28.8 Å². The summed E-state index contributed by atoms with van der Waals surface area (Å²) < 4.78 is 72.2. The number of rotatable bonds is 5. The van der Waals surface area contributed by atoms with Gasteiger partial charge in [-0.3, -0.25) is 10.7 Å². The number of H-pyrrole nitrogens is 1. The minimum Gasteiger partial charge on any atom is -0.493 e. The number of aromatic nitrogens is 2. The summed E-state index contributed by atoms with van der Waals surface area (Å²) in [6.45, 7) is 1.57. The first-order valence-corrected chi connectivity index (χ1v) is 9.09. The molecule has 2 heterocycles. The normalized spacial score (nSPS) is 11.8. The van der Waals surface area contributed by atoms with E-state index in [-0.39, 0.29) is 40.3 Å². The maximum absolute atomic E-state index is 15.0. The van der Waals surface area contributed by atoms with Crippen molar-refractivity contribution in [2.24, 2.45) is 5.73 Å². The maximum atomic E-state index is 15.0. The number of methoxy groups -OCH3 is 1. The zero-order valence-corrected chi connectivity index (χ0v) is 16.4. The molecule has 0 aliphatic heterocycles. The van der Waals surface area contributed by atoms with Crippen LogP contribution in [0.4, 0.5) is 17.6 Å². The number of alkyl halides is 3. The molecule has 10 heteroatoms. The van der Waals surface area contributed by atoms with Crippen molar-refractivity contribution in [3.63, 3.8) is 0 Å². The number of fused-ring (bicyclic) bond motifs is 2. The zero-order chi connectivity index (χ0) is 22.3. The standard InChI is InChI=1S/C21H17F4N3O3/c1-10-5-11-14(28-10)3-4-16(19(11)22)31-20-12-6-17(29-2)18(30-9-26)7-15(12)27-8-13(20)21(23,24)25/h3-8,28H,9,26H2,1-2H3. The number of pyridine rings is 1. The van der Waals surface area contributed by atoms with Gasteiger partial charge in [-0.15, -0.1) is 0 Å². The van der Waals surface area contributed by atoms with Crippen molar-refractivity contribution >= 4 is 21.8 Å². The third-order valence-corrected chi connectivity index (χ3v) is 4.70. The number of benzene rings is 2. The Bertz CT molecular complexity index is 1280. The fraction of sp³-hybridized carbons (Fsp3) is 0.190. The highest BCUT2D eigenvalue weighted by Gasteiger charge is 2.37. The highest BCUT2D eigenvalue weighted by molar-refractivity contribution is 5.90. The molecule has 0 atom stereocenters. The van der Waals surface area contributed by atoms with Crippen LogP contribution >= 0.6 is 0 Å². The first-order valence-electron chi connectivity index (χ1n) is 9.09. The van der Waals surface area contributed by atoms with Crippen LogP contribution in [-0.4, -0.2) is 23.8 Å². The molecule has 0 bridgehead atoms. The molecule has 0 aliphatic rings. The molecule has 0 saturated carbocycles. The summed E-state index contributed by atoms with van der Waals surface area (Å²) >= 11 is 0. The van der Waals surface area contributed by atoms with Crippen LogP contribution in [0.5, 0.6) is 23.0 Å². The second kappa shape index (κ2) is 7.62. The average molecular weight is 435 g/mol. The number of nitrogens with zero attached hydrogens (tertiary/aromatic N) is 1. The van der Waals surface area contributed by atoms with E-state index in [9.17, 15) is 13.2 Å². The van der Waals surface area contributed by atoms with Gasteiger partial charge >= 0.3 is 6.18 Å². The van der Waals surface area contributed by atoms with E-state index in [2.05, 4.69) is 9.97 Å². The number of aromatic amines is 1. The molecule has 0 amide bonds. The van der Waals surface area contributed by atoms with Crippen molar-refractivity contribution in [1.82, 2.24) is 9.97 Å². The average Bonchev–Trinajstić information content (AvgIpc) is 3.10. The van der Waals surface area contributed by atoms with E-state index < -0.39 is 23.3 Å². The predicted molar refractivity (Wildman–Crippen MR) is 106 cm³/mol. The topological polar surface area (TPSA) is 82.4 Å². The number of ether oxygens (including phenoxy) is 3. The Morgan fingerprint density at radius 2 is 1.84 bits per heavy atom. The lowest BCUT2D eigenvalue weighted by atomic mass is 10.1. The minimum absolute atomic E-state index is 0.0270. The van der Waals surface area contributed by atoms with Crippen molar-refractivity contribution < 1.29 is 31.8 Å². The number of hydrogen-bond acceptors (Lipinski definition) is 5. The zero-order valence-electron chi connectivity index (χ0n) is 16.4. The molecule has 0 saturated heterocycles. The van der Waals surface area contributed by atoms with Gasteiger partial charge in [0.2, 0.25) is 0 Å². The summed E-state index contributed by atoms with van der Waals surface area (Å²) in [5.41, 5.74) is 5.57. The second-order valence-electron chi connectivity index (χ2n) is 6.72. The summed E-state index contributed by atoms with van der Waals surface area (Å²) in [5, 5.41) is 0.180. The number of halogens is 4. The highest BCUT2D eigenvalue weighted by Crippen LogP contribution is 2.45. The number of aryl methyl sites for hydroxylation is 1. The third-order valence-electron chi connectivity index (χ3n) is 4.70. The molecular formula is C21H17F4N3O3. The van der Waals surface area contributed by atoms with Crippen molar-refractivity contribution in [2.45, 2.75) is 13.1 Å². The molecule has 3 N–H and O–H groups in total. The summed E-state index contributed by atoms with van der Waals surface area (Å²) in [5.74, 6) is -1.41. The van der Waals surface area contributed by atoms with Gasteiger partial charge in [0.05, 0.1) is 12.6 Å². The van der Waals surface area contributed by atoms with Crippen molar-refractivity contribution in [2.75, 3.05) is 13.8 Å². The molecule has 0 radical (unpaired) electrons. The fourth-order valence-electron chi connectivity index (χ4n) is 3.33. The van der Waals surface area contributed by atoms with E-state index >= 15 is 4.39 Å².